The van der Waals surface area contributed by atoms with Crippen LogP contribution in [0.5, 0.6) is 5.75 Å². The average molecular weight is 415 g/mol. The lowest BCUT2D eigenvalue weighted by Gasteiger charge is -2.13. The van der Waals surface area contributed by atoms with Gasteiger partial charge in [-0.15, -0.1) is 11.3 Å². The van der Waals surface area contributed by atoms with Gasteiger partial charge in [0.25, 0.3) is 5.91 Å². The molecule has 154 valence electrons. The van der Waals surface area contributed by atoms with Crippen LogP contribution in [0.2, 0.25) is 0 Å². The van der Waals surface area contributed by atoms with Gasteiger partial charge in [-0.05, 0) is 31.0 Å². The fourth-order valence-electron chi connectivity index (χ4n) is 3.27. The molecule has 1 aromatic carbocycles. The number of para-hydroxylation sites is 1. The van der Waals surface area contributed by atoms with E-state index in [1.165, 1.54) is 11.3 Å². The van der Waals surface area contributed by atoms with E-state index in [9.17, 15) is 4.79 Å². The summed E-state index contributed by atoms with van der Waals surface area (Å²) in [6.45, 7) is 3.88. The van der Waals surface area contributed by atoms with Crippen molar-refractivity contribution < 1.29 is 14.3 Å². The number of thiazole rings is 1. The van der Waals surface area contributed by atoms with E-state index < -0.39 is 5.91 Å². The molecule has 3 N–H and O–H groups in total. The Hall–Kier alpha value is -2.84. The number of amides is 1. The molecule has 7 nitrogen and oxygen atoms in total. The lowest BCUT2D eigenvalue weighted by molar-refractivity contribution is 0.0999. The number of anilines is 1. The number of primary amides is 1. The summed E-state index contributed by atoms with van der Waals surface area (Å²) >= 11 is 1.52. The predicted molar refractivity (Wildman–Crippen MR) is 116 cm³/mol. The summed E-state index contributed by atoms with van der Waals surface area (Å²) in [5.41, 5.74) is 9.74. The molecule has 0 unspecified atom stereocenters. The van der Waals surface area contributed by atoms with Crippen molar-refractivity contribution in [3.63, 3.8) is 0 Å². The van der Waals surface area contributed by atoms with Crippen LogP contribution < -0.4 is 15.8 Å². The number of nitrogens with one attached hydrogen (secondary N) is 1. The summed E-state index contributed by atoms with van der Waals surface area (Å²) in [6.07, 6.45) is 0.758. The molecular weight excluding hydrogens is 388 g/mol. The zero-order chi connectivity index (χ0) is 20.8. The van der Waals surface area contributed by atoms with E-state index in [0.717, 1.165) is 39.9 Å². The van der Waals surface area contributed by atoms with Gasteiger partial charge in [0.05, 0.1) is 30.7 Å². The highest BCUT2D eigenvalue weighted by atomic mass is 32.1. The Balaban J connectivity index is 1.89. The molecule has 0 bridgehead atoms. The van der Waals surface area contributed by atoms with E-state index >= 15 is 0 Å². The van der Waals surface area contributed by atoms with Crippen molar-refractivity contribution >= 4 is 22.4 Å². The van der Waals surface area contributed by atoms with Gasteiger partial charge in [-0.2, -0.15) is 0 Å². The van der Waals surface area contributed by atoms with Gasteiger partial charge in [0.2, 0.25) is 0 Å². The second kappa shape index (κ2) is 9.58. The molecule has 0 aliphatic rings. The van der Waals surface area contributed by atoms with E-state index in [0.29, 0.717) is 25.3 Å². The number of nitrogens with two attached hydrogens (primary N) is 1. The van der Waals surface area contributed by atoms with Crippen molar-refractivity contribution in [2.24, 2.45) is 5.73 Å². The standard InChI is InChI=1S/C21H26N4O3S/c1-14-16(20(22)26)12-18(17-13-29-21(24-17)23-9-11-27-2)25(14)10-8-15-6-4-5-7-19(15)28-3/h4-7,12-13H,8-11H2,1-3H3,(H2,22,26)(H,23,24). The van der Waals surface area contributed by atoms with Crippen LogP contribution in [0.25, 0.3) is 11.4 Å². The molecule has 0 fully saturated rings. The number of aromatic nitrogens is 2. The zero-order valence-electron chi connectivity index (χ0n) is 16.9. The number of hydrogen-bond acceptors (Lipinski definition) is 6. The van der Waals surface area contributed by atoms with Crippen molar-refractivity contribution in [1.29, 1.82) is 0 Å². The first-order chi connectivity index (χ1) is 14.0. The molecule has 1 amide bonds. The molecule has 0 atom stereocenters. The molecule has 0 spiro atoms. The van der Waals surface area contributed by atoms with E-state index in [-0.39, 0.29) is 0 Å². The summed E-state index contributed by atoms with van der Waals surface area (Å²) in [7, 11) is 3.33. The summed E-state index contributed by atoms with van der Waals surface area (Å²) in [5.74, 6) is 0.417. The van der Waals surface area contributed by atoms with E-state index in [1.807, 2.05) is 42.6 Å². The van der Waals surface area contributed by atoms with E-state index in [4.69, 9.17) is 15.2 Å². The van der Waals surface area contributed by atoms with Crippen LogP contribution in [-0.2, 0) is 17.7 Å². The van der Waals surface area contributed by atoms with Crippen LogP contribution in [0.1, 0.15) is 21.6 Å². The van der Waals surface area contributed by atoms with Gasteiger partial charge >= 0.3 is 0 Å². The minimum absolute atomic E-state index is 0.437. The van der Waals surface area contributed by atoms with Crippen molar-refractivity contribution in [1.82, 2.24) is 9.55 Å². The maximum Gasteiger partial charge on any atom is 0.250 e. The second-order valence-electron chi connectivity index (χ2n) is 6.56. The van der Waals surface area contributed by atoms with Crippen molar-refractivity contribution in [2.75, 3.05) is 32.7 Å². The van der Waals surface area contributed by atoms with Crippen LogP contribution >= 0.6 is 11.3 Å². The van der Waals surface area contributed by atoms with E-state index in [2.05, 4.69) is 14.9 Å². The number of ether oxygens (including phenoxy) is 2. The number of carbonyl (C=O) groups excluding carboxylic acids is 1. The van der Waals surface area contributed by atoms with Crippen molar-refractivity contribution in [3.8, 4) is 17.1 Å². The summed E-state index contributed by atoms with van der Waals surface area (Å²) in [6, 6.07) is 9.77. The molecule has 0 aliphatic carbocycles. The largest absolute Gasteiger partial charge is 0.496 e. The van der Waals surface area contributed by atoms with Gasteiger partial charge in [-0.3, -0.25) is 4.79 Å². The maximum absolute atomic E-state index is 11.9. The summed E-state index contributed by atoms with van der Waals surface area (Å²) in [4.78, 5) is 16.6. The monoisotopic (exact) mass is 414 g/mol. The second-order valence-corrected chi connectivity index (χ2v) is 7.42. The Bertz CT molecular complexity index is 980. The van der Waals surface area contributed by atoms with Gasteiger partial charge in [-0.1, -0.05) is 18.2 Å². The number of rotatable bonds is 10. The van der Waals surface area contributed by atoms with Crippen LogP contribution in [0.4, 0.5) is 5.13 Å². The highest BCUT2D eigenvalue weighted by Crippen LogP contribution is 2.30. The molecule has 3 aromatic rings. The Morgan fingerprint density at radius 1 is 1.31 bits per heavy atom. The first-order valence-corrected chi connectivity index (χ1v) is 10.2. The van der Waals surface area contributed by atoms with Gasteiger partial charge < -0.3 is 25.1 Å². The van der Waals surface area contributed by atoms with E-state index in [1.54, 1.807) is 14.2 Å². The summed E-state index contributed by atoms with van der Waals surface area (Å²) in [5, 5.41) is 6.03. The van der Waals surface area contributed by atoms with Crippen LogP contribution in [0.3, 0.4) is 0 Å². The SMILES string of the molecule is COCCNc1nc(-c2cc(C(N)=O)c(C)n2CCc2ccccc2OC)cs1. The third kappa shape index (κ3) is 4.78. The zero-order valence-corrected chi connectivity index (χ0v) is 17.7. The topological polar surface area (TPSA) is 91.4 Å². The molecule has 0 saturated heterocycles. The Labute approximate surface area is 174 Å². The first kappa shape index (κ1) is 20.9. The minimum Gasteiger partial charge on any atom is -0.496 e. The normalized spacial score (nSPS) is 10.9. The Morgan fingerprint density at radius 3 is 2.83 bits per heavy atom. The molecule has 3 rings (SSSR count). The van der Waals surface area contributed by atoms with Crippen LogP contribution in [0, 0.1) is 6.92 Å². The molecule has 0 radical (unpaired) electrons. The number of aryl methyl sites for hydroxylation is 1. The lowest BCUT2D eigenvalue weighted by Crippen LogP contribution is -2.13. The molecular formula is C21H26N4O3S. The fraction of sp³-hybridized carbons (Fsp3) is 0.333. The van der Waals surface area contributed by atoms with Gasteiger partial charge in [0, 0.05) is 31.3 Å². The lowest BCUT2D eigenvalue weighted by atomic mass is 10.1. The van der Waals surface area contributed by atoms with Crippen LogP contribution in [-0.4, -0.2) is 42.8 Å². The molecule has 0 saturated carbocycles. The number of hydrogen-bond donors (Lipinski definition) is 2. The Kier molecular flexibility index (Phi) is 6.90. The van der Waals surface area contributed by atoms with Crippen molar-refractivity contribution in [3.05, 3.63) is 52.5 Å². The molecule has 2 aromatic heterocycles. The molecule has 2 heterocycles. The number of methoxy groups -OCH3 is 2. The third-order valence-corrected chi connectivity index (χ3v) is 5.58. The van der Waals surface area contributed by atoms with Gasteiger partial charge in [0.1, 0.15) is 5.75 Å². The van der Waals surface area contributed by atoms with Crippen molar-refractivity contribution in [2.45, 2.75) is 19.9 Å². The first-order valence-electron chi connectivity index (χ1n) is 9.35. The van der Waals surface area contributed by atoms with Gasteiger partial charge in [-0.25, -0.2) is 4.98 Å². The quantitative estimate of drug-likeness (QED) is 0.497. The minimum atomic E-state index is -0.437. The smallest absolute Gasteiger partial charge is 0.250 e. The van der Waals surface area contributed by atoms with Crippen LogP contribution in [0.15, 0.2) is 35.7 Å². The molecule has 29 heavy (non-hydrogen) atoms. The predicted octanol–water partition coefficient (Wildman–Crippen LogP) is 3.33. The number of nitrogens with zero attached hydrogens (tertiary/aromatic N) is 2. The maximum atomic E-state index is 11.9. The average Bonchev–Trinajstić information content (AvgIpc) is 3.31. The summed E-state index contributed by atoms with van der Waals surface area (Å²) < 4.78 is 12.6. The number of carbonyl (C=O) groups is 1. The highest BCUT2D eigenvalue weighted by molar-refractivity contribution is 7.14. The highest BCUT2D eigenvalue weighted by Gasteiger charge is 2.19. The third-order valence-electron chi connectivity index (χ3n) is 4.78. The Morgan fingerprint density at radius 2 is 2.10 bits per heavy atom. The fourth-order valence-corrected chi connectivity index (χ4v) is 4.00. The number of benzene rings is 1. The van der Waals surface area contributed by atoms with Gasteiger partial charge in [0.15, 0.2) is 5.13 Å². The molecule has 8 heteroatoms. The molecule has 0 aliphatic heterocycles.